The molecule has 1 fully saturated rings. The number of esters is 1. The fourth-order valence-corrected chi connectivity index (χ4v) is 5.02. The molecular weight excluding hydrogens is 411 g/mol. The first-order valence-corrected chi connectivity index (χ1v) is 10.9. The van der Waals surface area contributed by atoms with Crippen LogP contribution in [0.15, 0.2) is 47.4 Å². The van der Waals surface area contributed by atoms with E-state index in [1.54, 1.807) is 17.9 Å². The van der Waals surface area contributed by atoms with Gasteiger partial charge in [-0.15, -0.1) is 0 Å². The molecule has 0 spiro atoms. The number of rotatable bonds is 4. The average molecular weight is 434 g/mol. The van der Waals surface area contributed by atoms with Crippen molar-refractivity contribution in [2.45, 2.75) is 18.2 Å². The van der Waals surface area contributed by atoms with Crippen molar-refractivity contribution in [1.29, 1.82) is 0 Å². The topological polar surface area (TPSA) is 84.0 Å². The van der Waals surface area contributed by atoms with Crippen LogP contribution in [-0.4, -0.2) is 62.8 Å². The second-order valence-corrected chi connectivity index (χ2v) is 8.95. The number of hydrogen-bond acceptors (Lipinski definition) is 5. The van der Waals surface area contributed by atoms with Crippen LogP contribution in [-0.2, 0) is 14.8 Å². The maximum atomic E-state index is 13.2. The van der Waals surface area contributed by atoms with E-state index in [0.717, 1.165) is 5.56 Å². The molecule has 2 aromatic rings. The Bertz CT molecular complexity index is 1050. The van der Waals surface area contributed by atoms with Gasteiger partial charge in [0.05, 0.1) is 17.6 Å². The van der Waals surface area contributed by atoms with Crippen LogP contribution in [0.3, 0.4) is 0 Å². The SMILES string of the molecule is COC(=O)c1cc(C)ccc1S(=O)(=O)N1CCCN(C(=O)c2ccc(F)cc2)CC1. The van der Waals surface area contributed by atoms with Crippen molar-refractivity contribution in [2.75, 3.05) is 33.3 Å². The highest BCUT2D eigenvalue weighted by Gasteiger charge is 2.32. The molecule has 0 N–H and O–H groups in total. The Labute approximate surface area is 175 Å². The maximum Gasteiger partial charge on any atom is 0.339 e. The lowest BCUT2D eigenvalue weighted by atomic mass is 10.1. The Morgan fingerprint density at radius 1 is 1.00 bits per heavy atom. The standard InChI is InChI=1S/C21H23FN2O5S/c1-15-4-9-19(18(14-15)21(26)29-2)30(27,28)24-11-3-10-23(12-13-24)20(25)16-5-7-17(22)8-6-16/h4-9,14H,3,10-13H2,1-2H3. The number of aryl methyl sites for hydroxylation is 1. The number of carbonyl (C=O) groups excluding carboxylic acids is 2. The van der Waals surface area contributed by atoms with Crippen molar-refractivity contribution in [3.8, 4) is 0 Å². The Morgan fingerprint density at radius 3 is 2.37 bits per heavy atom. The Morgan fingerprint density at radius 2 is 1.70 bits per heavy atom. The van der Waals surface area contributed by atoms with Gasteiger partial charge in [-0.05, 0) is 49.7 Å². The van der Waals surface area contributed by atoms with Gasteiger partial charge in [-0.2, -0.15) is 4.31 Å². The largest absolute Gasteiger partial charge is 0.465 e. The lowest BCUT2D eigenvalue weighted by Gasteiger charge is -2.23. The highest BCUT2D eigenvalue weighted by molar-refractivity contribution is 7.89. The zero-order valence-electron chi connectivity index (χ0n) is 16.8. The summed E-state index contributed by atoms with van der Waals surface area (Å²) >= 11 is 0. The van der Waals surface area contributed by atoms with Gasteiger partial charge in [0.15, 0.2) is 0 Å². The van der Waals surface area contributed by atoms with E-state index in [4.69, 9.17) is 4.74 Å². The van der Waals surface area contributed by atoms with Crippen molar-refractivity contribution in [1.82, 2.24) is 9.21 Å². The highest BCUT2D eigenvalue weighted by Crippen LogP contribution is 2.24. The maximum absolute atomic E-state index is 13.2. The number of halogens is 1. The van der Waals surface area contributed by atoms with Crippen LogP contribution < -0.4 is 0 Å². The summed E-state index contributed by atoms with van der Waals surface area (Å²) < 4.78 is 45.6. The third-order valence-corrected chi connectivity index (χ3v) is 6.95. The van der Waals surface area contributed by atoms with E-state index >= 15 is 0 Å². The minimum absolute atomic E-state index is 0.0130. The monoisotopic (exact) mass is 434 g/mol. The number of carbonyl (C=O) groups is 2. The molecule has 0 unspecified atom stereocenters. The number of amides is 1. The average Bonchev–Trinajstić information content (AvgIpc) is 3.00. The number of benzene rings is 2. The van der Waals surface area contributed by atoms with E-state index in [-0.39, 0.29) is 36.0 Å². The quantitative estimate of drug-likeness (QED) is 0.691. The Hall–Kier alpha value is -2.78. The first-order chi connectivity index (χ1) is 14.2. The normalized spacial score (nSPS) is 15.5. The first kappa shape index (κ1) is 21.9. The van der Waals surface area contributed by atoms with Gasteiger partial charge >= 0.3 is 5.97 Å². The molecule has 7 nitrogen and oxygen atoms in total. The van der Waals surface area contributed by atoms with Gasteiger partial charge in [-0.3, -0.25) is 4.79 Å². The van der Waals surface area contributed by atoms with Crippen LogP contribution in [0.4, 0.5) is 4.39 Å². The molecule has 30 heavy (non-hydrogen) atoms. The van der Waals surface area contributed by atoms with Gasteiger partial charge in [0, 0.05) is 31.7 Å². The number of sulfonamides is 1. The molecule has 0 aliphatic carbocycles. The Balaban J connectivity index is 1.82. The zero-order chi connectivity index (χ0) is 21.9. The van der Waals surface area contributed by atoms with Gasteiger partial charge in [0.2, 0.25) is 10.0 Å². The lowest BCUT2D eigenvalue weighted by molar-refractivity contribution is 0.0595. The van der Waals surface area contributed by atoms with Crippen LogP contribution in [0.2, 0.25) is 0 Å². The number of nitrogens with zero attached hydrogens (tertiary/aromatic N) is 2. The van der Waals surface area contributed by atoms with E-state index in [1.807, 2.05) is 0 Å². The van der Waals surface area contributed by atoms with E-state index in [9.17, 15) is 22.4 Å². The van der Waals surface area contributed by atoms with E-state index in [1.165, 1.54) is 47.8 Å². The molecule has 1 aliphatic heterocycles. The molecular formula is C21H23FN2O5S. The van der Waals surface area contributed by atoms with Crippen molar-refractivity contribution >= 4 is 21.9 Å². The smallest absolute Gasteiger partial charge is 0.339 e. The van der Waals surface area contributed by atoms with Crippen LogP contribution >= 0.6 is 0 Å². The van der Waals surface area contributed by atoms with E-state index < -0.39 is 21.8 Å². The second kappa shape index (κ2) is 8.93. The van der Waals surface area contributed by atoms with Crippen molar-refractivity contribution in [3.05, 3.63) is 65.0 Å². The molecule has 1 aliphatic rings. The lowest BCUT2D eigenvalue weighted by Crippen LogP contribution is -2.37. The minimum atomic E-state index is -3.96. The second-order valence-electron chi connectivity index (χ2n) is 7.05. The summed E-state index contributed by atoms with van der Waals surface area (Å²) in [6, 6.07) is 9.77. The zero-order valence-corrected chi connectivity index (χ0v) is 17.6. The fraction of sp³-hybridized carbons (Fsp3) is 0.333. The van der Waals surface area contributed by atoms with Gasteiger partial charge < -0.3 is 9.64 Å². The molecule has 160 valence electrons. The van der Waals surface area contributed by atoms with Crippen molar-refractivity contribution in [3.63, 3.8) is 0 Å². The molecule has 0 atom stereocenters. The summed E-state index contributed by atoms with van der Waals surface area (Å²) in [6.45, 7) is 2.62. The molecule has 3 rings (SSSR count). The van der Waals surface area contributed by atoms with Crippen LogP contribution in [0.25, 0.3) is 0 Å². The van der Waals surface area contributed by atoms with Gasteiger partial charge in [0.25, 0.3) is 5.91 Å². The molecule has 1 saturated heterocycles. The number of methoxy groups -OCH3 is 1. The summed E-state index contributed by atoms with van der Waals surface area (Å²) in [5.41, 5.74) is 1.07. The third kappa shape index (κ3) is 4.52. The summed E-state index contributed by atoms with van der Waals surface area (Å²) in [5, 5.41) is 0. The van der Waals surface area contributed by atoms with Gasteiger partial charge in [-0.1, -0.05) is 11.6 Å². The predicted molar refractivity (Wildman–Crippen MR) is 108 cm³/mol. The van der Waals surface area contributed by atoms with E-state index in [0.29, 0.717) is 18.5 Å². The van der Waals surface area contributed by atoms with Crippen LogP contribution in [0.1, 0.15) is 32.7 Å². The summed E-state index contributed by atoms with van der Waals surface area (Å²) in [5.74, 6) is -1.43. The molecule has 1 heterocycles. The summed E-state index contributed by atoms with van der Waals surface area (Å²) in [6.07, 6.45) is 0.436. The fourth-order valence-electron chi connectivity index (χ4n) is 3.39. The van der Waals surface area contributed by atoms with Crippen molar-refractivity contribution < 1.29 is 27.1 Å². The summed E-state index contributed by atoms with van der Waals surface area (Å²) in [7, 11) is -2.76. The predicted octanol–water partition coefficient (Wildman–Crippen LogP) is 2.46. The third-order valence-electron chi connectivity index (χ3n) is 4.99. The molecule has 9 heteroatoms. The molecule has 1 amide bonds. The highest BCUT2D eigenvalue weighted by atomic mass is 32.2. The van der Waals surface area contributed by atoms with Gasteiger partial charge in [0.1, 0.15) is 5.82 Å². The minimum Gasteiger partial charge on any atom is -0.465 e. The summed E-state index contributed by atoms with van der Waals surface area (Å²) in [4.78, 5) is 26.2. The van der Waals surface area contributed by atoms with Crippen molar-refractivity contribution in [2.24, 2.45) is 0 Å². The number of hydrogen-bond donors (Lipinski definition) is 0. The number of ether oxygens (including phenoxy) is 1. The molecule has 0 radical (unpaired) electrons. The van der Waals surface area contributed by atoms with Gasteiger partial charge in [-0.25, -0.2) is 17.6 Å². The molecule has 0 aromatic heterocycles. The van der Waals surface area contributed by atoms with E-state index in [2.05, 4.69) is 0 Å². The first-order valence-electron chi connectivity index (χ1n) is 9.48. The molecule has 2 aromatic carbocycles. The Kier molecular flexibility index (Phi) is 6.52. The van der Waals surface area contributed by atoms with Crippen LogP contribution in [0, 0.1) is 12.7 Å². The molecule has 0 saturated carbocycles. The molecule has 0 bridgehead atoms. The van der Waals surface area contributed by atoms with Crippen LogP contribution in [0.5, 0.6) is 0 Å².